The van der Waals surface area contributed by atoms with Crippen LogP contribution in [0.1, 0.15) is 31.1 Å². The van der Waals surface area contributed by atoms with Gasteiger partial charge in [0.2, 0.25) is 0 Å². The van der Waals surface area contributed by atoms with E-state index in [4.69, 9.17) is 4.74 Å². The lowest BCUT2D eigenvalue weighted by Crippen LogP contribution is -2.39. The van der Waals surface area contributed by atoms with E-state index in [1.807, 2.05) is 0 Å². The lowest BCUT2D eigenvalue weighted by molar-refractivity contribution is 0.0527. The Morgan fingerprint density at radius 3 is 2.38 bits per heavy atom. The Morgan fingerprint density at radius 2 is 1.75 bits per heavy atom. The maximum absolute atomic E-state index is 11.8. The smallest absolute Gasteiger partial charge is 0.407 e. The first-order chi connectivity index (χ1) is 11.2. The van der Waals surface area contributed by atoms with Gasteiger partial charge in [0.25, 0.3) is 0 Å². The number of carbonyl (C=O) groups is 3. The highest BCUT2D eigenvalue weighted by Gasteiger charge is 2.15. The Labute approximate surface area is 140 Å². The Kier molecular flexibility index (Phi) is 7.03. The molecule has 0 aromatic heterocycles. The Morgan fingerprint density at radius 1 is 1.08 bits per heavy atom. The van der Waals surface area contributed by atoms with E-state index >= 15 is 0 Å². The number of ether oxygens (including phenoxy) is 2. The van der Waals surface area contributed by atoms with Crippen LogP contribution < -0.4 is 16.0 Å². The normalized spacial score (nSPS) is 10.5. The number of urea groups is 1. The molecule has 0 aliphatic heterocycles. The molecule has 132 valence electrons. The summed E-state index contributed by atoms with van der Waals surface area (Å²) in [6, 6.07) is 5.91. The van der Waals surface area contributed by atoms with Crippen molar-refractivity contribution in [3.8, 4) is 0 Å². The van der Waals surface area contributed by atoms with E-state index in [1.165, 1.54) is 13.2 Å². The molecule has 1 aromatic rings. The third-order valence-electron chi connectivity index (χ3n) is 2.62. The summed E-state index contributed by atoms with van der Waals surface area (Å²) in [4.78, 5) is 34.6. The van der Waals surface area contributed by atoms with E-state index in [-0.39, 0.29) is 13.1 Å². The lowest BCUT2D eigenvalue weighted by atomic mass is 10.2. The molecule has 1 aromatic carbocycles. The van der Waals surface area contributed by atoms with Gasteiger partial charge in [0.1, 0.15) is 5.60 Å². The number of amides is 3. The quantitative estimate of drug-likeness (QED) is 0.564. The van der Waals surface area contributed by atoms with Gasteiger partial charge in [0, 0.05) is 18.8 Å². The van der Waals surface area contributed by atoms with Crippen LogP contribution in [0.25, 0.3) is 0 Å². The molecular formula is C16H23N3O5. The summed E-state index contributed by atoms with van der Waals surface area (Å²) in [5.74, 6) is -0.486. The zero-order valence-corrected chi connectivity index (χ0v) is 14.3. The van der Waals surface area contributed by atoms with Crippen molar-refractivity contribution in [2.75, 3.05) is 25.5 Å². The molecule has 3 amide bonds. The fraction of sp³-hybridized carbons (Fsp3) is 0.438. The van der Waals surface area contributed by atoms with Gasteiger partial charge in [-0.1, -0.05) is 6.07 Å². The largest absolute Gasteiger partial charge is 0.465 e. The molecule has 0 saturated heterocycles. The number of rotatable bonds is 5. The van der Waals surface area contributed by atoms with E-state index in [9.17, 15) is 14.4 Å². The van der Waals surface area contributed by atoms with Crippen molar-refractivity contribution in [1.29, 1.82) is 0 Å². The summed E-state index contributed by atoms with van der Waals surface area (Å²) in [5, 5.41) is 7.69. The Hall–Kier alpha value is -2.77. The number of esters is 1. The number of anilines is 1. The Bertz CT molecular complexity index is 596. The van der Waals surface area contributed by atoms with E-state index < -0.39 is 23.7 Å². The average Bonchev–Trinajstić information content (AvgIpc) is 2.49. The van der Waals surface area contributed by atoms with Crippen molar-refractivity contribution >= 4 is 23.8 Å². The number of nitrogens with one attached hydrogen (secondary N) is 3. The number of benzene rings is 1. The van der Waals surface area contributed by atoms with E-state index in [1.54, 1.807) is 39.0 Å². The Balaban J connectivity index is 2.34. The van der Waals surface area contributed by atoms with Crippen LogP contribution in [0.3, 0.4) is 0 Å². The zero-order valence-electron chi connectivity index (χ0n) is 14.3. The van der Waals surface area contributed by atoms with E-state index in [0.29, 0.717) is 11.3 Å². The second kappa shape index (κ2) is 8.76. The van der Waals surface area contributed by atoms with Crippen LogP contribution in [-0.4, -0.2) is 43.9 Å². The van der Waals surface area contributed by atoms with Gasteiger partial charge < -0.3 is 25.4 Å². The van der Waals surface area contributed by atoms with Crippen LogP contribution >= 0.6 is 0 Å². The number of hydrogen-bond donors (Lipinski definition) is 3. The number of hydrogen-bond acceptors (Lipinski definition) is 5. The molecule has 0 heterocycles. The van der Waals surface area contributed by atoms with Gasteiger partial charge in [-0.3, -0.25) is 0 Å². The molecule has 0 bridgehead atoms. The summed E-state index contributed by atoms with van der Waals surface area (Å²) in [7, 11) is 1.28. The predicted molar refractivity (Wildman–Crippen MR) is 89.0 cm³/mol. The van der Waals surface area contributed by atoms with Gasteiger partial charge >= 0.3 is 18.1 Å². The topological polar surface area (TPSA) is 106 Å². The van der Waals surface area contributed by atoms with E-state index in [0.717, 1.165) is 0 Å². The number of carbonyl (C=O) groups excluding carboxylic acids is 3. The summed E-state index contributed by atoms with van der Waals surface area (Å²) >= 11 is 0. The first-order valence-corrected chi connectivity index (χ1v) is 7.41. The van der Waals surface area contributed by atoms with Crippen molar-refractivity contribution in [1.82, 2.24) is 10.6 Å². The molecule has 3 N–H and O–H groups in total. The lowest BCUT2D eigenvalue weighted by Gasteiger charge is -2.19. The van der Waals surface area contributed by atoms with Gasteiger partial charge in [-0.2, -0.15) is 0 Å². The summed E-state index contributed by atoms with van der Waals surface area (Å²) < 4.78 is 9.68. The third kappa shape index (κ3) is 7.48. The van der Waals surface area contributed by atoms with Gasteiger partial charge in [0.05, 0.1) is 12.7 Å². The standard InChI is InChI=1S/C16H23N3O5/c1-16(2,3)24-15(22)18-9-8-17-14(21)19-12-7-5-6-11(10-12)13(20)23-4/h5-7,10H,8-9H2,1-4H3,(H,18,22)(H2,17,19,21). The highest BCUT2D eigenvalue weighted by molar-refractivity contribution is 5.93. The molecule has 8 nitrogen and oxygen atoms in total. The van der Waals surface area contributed by atoms with Crippen LogP contribution in [0.5, 0.6) is 0 Å². The average molecular weight is 337 g/mol. The highest BCUT2D eigenvalue weighted by atomic mass is 16.6. The van der Waals surface area contributed by atoms with Crippen LogP contribution in [0.4, 0.5) is 15.3 Å². The van der Waals surface area contributed by atoms with Gasteiger partial charge in [0.15, 0.2) is 0 Å². The molecular weight excluding hydrogens is 314 g/mol. The number of alkyl carbamates (subject to hydrolysis) is 1. The maximum Gasteiger partial charge on any atom is 0.407 e. The summed E-state index contributed by atoms with van der Waals surface area (Å²) in [6.45, 7) is 5.74. The van der Waals surface area contributed by atoms with Crippen molar-refractivity contribution in [3.63, 3.8) is 0 Å². The second-order valence-corrected chi connectivity index (χ2v) is 5.88. The van der Waals surface area contributed by atoms with Crippen molar-refractivity contribution < 1.29 is 23.9 Å². The first-order valence-electron chi connectivity index (χ1n) is 7.41. The zero-order chi connectivity index (χ0) is 18.2. The molecule has 24 heavy (non-hydrogen) atoms. The SMILES string of the molecule is COC(=O)c1cccc(NC(=O)NCCNC(=O)OC(C)(C)C)c1. The summed E-state index contributed by atoms with van der Waals surface area (Å²) in [5.41, 5.74) is 0.219. The molecule has 8 heteroatoms. The van der Waals surface area contributed by atoms with E-state index in [2.05, 4.69) is 20.7 Å². The minimum Gasteiger partial charge on any atom is -0.465 e. The molecule has 0 aliphatic carbocycles. The van der Waals surface area contributed by atoms with Crippen LogP contribution in [-0.2, 0) is 9.47 Å². The maximum atomic E-state index is 11.8. The third-order valence-corrected chi connectivity index (χ3v) is 2.62. The molecule has 1 rings (SSSR count). The molecule has 0 fully saturated rings. The van der Waals surface area contributed by atoms with Crippen LogP contribution in [0.15, 0.2) is 24.3 Å². The van der Waals surface area contributed by atoms with Crippen LogP contribution in [0, 0.1) is 0 Å². The molecule has 0 aliphatic rings. The molecule has 0 radical (unpaired) electrons. The van der Waals surface area contributed by atoms with Crippen molar-refractivity contribution in [3.05, 3.63) is 29.8 Å². The van der Waals surface area contributed by atoms with Gasteiger partial charge in [-0.15, -0.1) is 0 Å². The first kappa shape index (κ1) is 19.3. The fourth-order valence-corrected chi connectivity index (χ4v) is 1.67. The molecule has 0 atom stereocenters. The van der Waals surface area contributed by atoms with Crippen molar-refractivity contribution in [2.45, 2.75) is 26.4 Å². The number of methoxy groups -OCH3 is 1. The minimum atomic E-state index is -0.570. The second-order valence-electron chi connectivity index (χ2n) is 5.88. The van der Waals surface area contributed by atoms with Gasteiger partial charge in [-0.25, -0.2) is 14.4 Å². The molecule has 0 saturated carbocycles. The van der Waals surface area contributed by atoms with Gasteiger partial charge in [-0.05, 0) is 39.0 Å². The van der Waals surface area contributed by atoms with Crippen molar-refractivity contribution in [2.24, 2.45) is 0 Å². The summed E-state index contributed by atoms with van der Waals surface area (Å²) in [6.07, 6.45) is -0.546. The minimum absolute atomic E-state index is 0.224. The molecule has 0 unspecified atom stereocenters. The monoisotopic (exact) mass is 337 g/mol. The predicted octanol–water partition coefficient (Wildman–Crippen LogP) is 2.12. The fourth-order valence-electron chi connectivity index (χ4n) is 1.67. The molecule has 0 spiro atoms. The highest BCUT2D eigenvalue weighted by Crippen LogP contribution is 2.11. The van der Waals surface area contributed by atoms with Crippen LogP contribution in [0.2, 0.25) is 0 Å².